The molecule has 2 nitrogen and oxygen atoms in total. The van der Waals surface area contributed by atoms with Gasteiger partial charge in [-0.3, -0.25) is 0 Å². The van der Waals surface area contributed by atoms with E-state index in [0.717, 1.165) is 28.3 Å². The lowest BCUT2D eigenvalue weighted by molar-refractivity contribution is 1.18. The average molecular weight is 921 g/mol. The van der Waals surface area contributed by atoms with Gasteiger partial charge in [-0.05, 0) is 131 Å². The molecule has 1 heterocycles. The Morgan fingerprint density at radius 2 is 0.789 bits per heavy atom. The first-order chi connectivity index (χ1) is 35.2. The highest BCUT2D eigenvalue weighted by atomic mass is 28.3. The Morgan fingerprint density at radius 3 is 1.46 bits per heavy atom. The Labute approximate surface area is 415 Å². The highest BCUT2D eigenvalue weighted by Gasteiger charge is 2.41. The van der Waals surface area contributed by atoms with E-state index in [4.69, 9.17) is 0 Å². The first-order valence-corrected chi connectivity index (χ1v) is 26.5. The maximum atomic E-state index is 2.42. The Bertz CT molecular complexity index is 3920. The molecule has 0 aliphatic carbocycles. The van der Waals surface area contributed by atoms with E-state index < -0.39 is 8.07 Å². The monoisotopic (exact) mass is 920 g/mol. The minimum atomic E-state index is -2.74. The van der Waals surface area contributed by atoms with Crippen LogP contribution in [0.15, 0.2) is 291 Å². The molecule has 0 spiro atoms. The van der Waals surface area contributed by atoms with Crippen LogP contribution in [0, 0.1) is 0 Å². The van der Waals surface area contributed by atoms with E-state index in [1.807, 2.05) is 0 Å². The molecule has 0 saturated heterocycles. The van der Waals surface area contributed by atoms with Crippen LogP contribution in [-0.2, 0) is 0 Å². The first-order valence-electron chi connectivity index (χ1n) is 24.5. The number of para-hydroxylation sites is 2. The topological polar surface area (TPSA) is 8.17 Å². The van der Waals surface area contributed by atoms with Crippen LogP contribution in [0.2, 0.25) is 0 Å². The molecular formula is C68H48N2Si. The van der Waals surface area contributed by atoms with Gasteiger partial charge in [0.15, 0.2) is 8.07 Å². The van der Waals surface area contributed by atoms with E-state index in [2.05, 4.69) is 301 Å². The average Bonchev–Trinajstić information content (AvgIpc) is 3.80. The molecule has 0 radical (unpaired) electrons. The van der Waals surface area contributed by atoms with Gasteiger partial charge in [0.05, 0.1) is 11.0 Å². The molecule has 0 aliphatic rings. The molecule has 0 bridgehead atoms. The van der Waals surface area contributed by atoms with E-state index in [1.54, 1.807) is 0 Å². The van der Waals surface area contributed by atoms with Crippen molar-refractivity contribution in [2.75, 3.05) is 4.90 Å². The van der Waals surface area contributed by atoms with Crippen LogP contribution in [0.25, 0.3) is 71.3 Å². The molecule has 0 unspecified atom stereocenters. The molecule has 0 saturated carbocycles. The second-order valence-electron chi connectivity index (χ2n) is 18.4. The molecule has 0 amide bonds. The molecule has 0 fully saturated rings. The Morgan fingerprint density at radius 1 is 0.282 bits per heavy atom. The number of hydrogen-bond acceptors (Lipinski definition) is 1. The maximum absolute atomic E-state index is 2.74. The minimum absolute atomic E-state index is 1.09. The predicted octanol–water partition coefficient (Wildman–Crippen LogP) is 15.3. The molecule has 1 aromatic heterocycles. The molecule has 334 valence electrons. The fourth-order valence-corrected chi connectivity index (χ4v) is 16.0. The molecule has 0 atom stereocenters. The Kier molecular flexibility index (Phi) is 10.6. The van der Waals surface area contributed by atoms with Gasteiger partial charge in [-0.2, -0.15) is 0 Å². The van der Waals surface area contributed by atoms with Crippen LogP contribution in [-0.4, -0.2) is 12.6 Å². The molecule has 13 aromatic rings. The number of nitrogens with zero attached hydrogens (tertiary/aromatic N) is 2. The molecule has 3 heteroatoms. The largest absolute Gasteiger partial charge is 0.310 e. The number of aromatic nitrogens is 1. The van der Waals surface area contributed by atoms with Crippen LogP contribution < -0.4 is 25.6 Å². The van der Waals surface area contributed by atoms with Crippen LogP contribution in [0.1, 0.15) is 0 Å². The van der Waals surface area contributed by atoms with Gasteiger partial charge in [0.25, 0.3) is 0 Å². The molecule has 71 heavy (non-hydrogen) atoms. The Balaban J connectivity index is 0.970. The van der Waals surface area contributed by atoms with Crippen molar-refractivity contribution in [1.29, 1.82) is 0 Å². The first kappa shape index (κ1) is 42.1. The van der Waals surface area contributed by atoms with Gasteiger partial charge in [-0.1, -0.05) is 224 Å². The van der Waals surface area contributed by atoms with Crippen LogP contribution >= 0.6 is 0 Å². The van der Waals surface area contributed by atoms with Gasteiger partial charge >= 0.3 is 0 Å². The van der Waals surface area contributed by atoms with Crippen LogP contribution in [0.3, 0.4) is 0 Å². The molecular weight excluding hydrogens is 873 g/mol. The molecule has 0 N–H and O–H groups in total. The van der Waals surface area contributed by atoms with Gasteiger partial charge in [0, 0.05) is 33.5 Å². The van der Waals surface area contributed by atoms with Gasteiger partial charge in [-0.15, -0.1) is 0 Å². The lowest BCUT2D eigenvalue weighted by Crippen LogP contribution is -2.74. The highest BCUT2D eigenvalue weighted by molar-refractivity contribution is 7.19. The zero-order chi connectivity index (χ0) is 47.1. The predicted molar refractivity (Wildman–Crippen MR) is 305 cm³/mol. The third-order valence-corrected chi connectivity index (χ3v) is 19.3. The standard InChI is InChI=1S/C68H48N2Si/c1-5-21-54(22-6-1)70-66-33-16-15-31-65(66)68-64(32-18-34-67(68)70)52-20-17-23-57(48-52)69(55-40-37-49(38-41-55)51-39-46-63-53(47-51)36-35-50-19-13-14-30-62(50)63)56-42-44-61(45-43-56)71(58-24-7-2-8-25-58,59-26-9-3-10-27-59)60-28-11-4-12-29-60/h1-48H. The van der Waals surface area contributed by atoms with Gasteiger partial charge in [-0.25, -0.2) is 0 Å². The quantitative estimate of drug-likeness (QED) is 0.0754. The summed E-state index contributed by atoms with van der Waals surface area (Å²) in [6.45, 7) is 0. The van der Waals surface area contributed by atoms with Crippen molar-refractivity contribution >= 4 is 89.2 Å². The normalized spacial score (nSPS) is 11.7. The summed E-state index contributed by atoms with van der Waals surface area (Å²) in [6, 6.07) is 107. The summed E-state index contributed by atoms with van der Waals surface area (Å²) in [5.41, 5.74) is 11.5. The van der Waals surface area contributed by atoms with Crippen LogP contribution in [0.4, 0.5) is 17.1 Å². The second-order valence-corrected chi connectivity index (χ2v) is 22.2. The summed E-state index contributed by atoms with van der Waals surface area (Å²) in [5.74, 6) is 0. The lowest BCUT2D eigenvalue weighted by Gasteiger charge is -2.35. The van der Waals surface area contributed by atoms with Gasteiger partial charge < -0.3 is 9.47 Å². The van der Waals surface area contributed by atoms with E-state index in [9.17, 15) is 0 Å². The van der Waals surface area contributed by atoms with E-state index in [-0.39, 0.29) is 0 Å². The summed E-state index contributed by atoms with van der Waals surface area (Å²) in [7, 11) is -2.74. The third-order valence-electron chi connectivity index (χ3n) is 14.5. The number of anilines is 3. The number of fused-ring (bicyclic) bond motifs is 6. The molecule has 12 aromatic carbocycles. The fourth-order valence-electron chi connectivity index (χ4n) is 11.3. The molecule has 0 aliphatic heterocycles. The second kappa shape index (κ2) is 17.8. The summed E-state index contributed by atoms with van der Waals surface area (Å²) >= 11 is 0. The van der Waals surface area contributed by atoms with Crippen molar-refractivity contribution in [3.05, 3.63) is 291 Å². The maximum Gasteiger partial charge on any atom is 0.179 e. The summed E-state index contributed by atoms with van der Waals surface area (Å²) < 4.78 is 2.40. The SMILES string of the molecule is c1ccc(-n2c3ccccc3c3c(-c4cccc(N(c5ccc(-c6ccc7c(ccc8ccccc87)c6)cc5)c5ccc([Si](c6ccccc6)(c6ccccc6)c6ccccc6)cc5)c4)cccc32)cc1. The lowest BCUT2D eigenvalue weighted by atomic mass is 9.97. The molecule has 13 rings (SSSR count). The van der Waals surface area contributed by atoms with Crippen molar-refractivity contribution in [1.82, 2.24) is 4.57 Å². The zero-order valence-corrected chi connectivity index (χ0v) is 40.1. The zero-order valence-electron chi connectivity index (χ0n) is 39.1. The fraction of sp³-hybridized carbons (Fsp3) is 0. The summed E-state index contributed by atoms with van der Waals surface area (Å²) in [5, 5.41) is 12.9. The van der Waals surface area contributed by atoms with Gasteiger partial charge in [0.2, 0.25) is 0 Å². The van der Waals surface area contributed by atoms with Crippen molar-refractivity contribution in [3.8, 4) is 27.9 Å². The number of rotatable bonds is 10. The highest BCUT2D eigenvalue weighted by Crippen LogP contribution is 2.42. The van der Waals surface area contributed by atoms with Crippen molar-refractivity contribution in [2.24, 2.45) is 0 Å². The summed E-state index contributed by atoms with van der Waals surface area (Å²) in [6.07, 6.45) is 0. The summed E-state index contributed by atoms with van der Waals surface area (Å²) in [4.78, 5) is 2.42. The van der Waals surface area contributed by atoms with Gasteiger partial charge in [0.1, 0.15) is 0 Å². The minimum Gasteiger partial charge on any atom is -0.310 e. The van der Waals surface area contributed by atoms with Crippen molar-refractivity contribution < 1.29 is 0 Å². The van der Waals surface area contributed by atoms with E-state index in [0.29, 0.717) is 0 Å². The smallest absolute Gasteiger partial charge is 0.179 e. The number of benzene rings is 12. The number of hydrogen-bond donors (Lipinski definition) is 0. The third kappa shape index (κ3) is 7.26. The van der Waals surface area contributed by atoms with Crippen LogP contribution in [0.5, 0.6) is 0 Å². The Hall–Kier alpha value is -9.02. The van der Waals surface area contributed by atoms with Crippen molar-refractivity contribution in [3.63, 3.8) is 0 Å². The van der Waals surface area contributed by atoms with Crippen molar-refractivity contribution in [2.45, 2.75) is 0 Å². The van der Waals surface area contributed by atoms with E-state index >= 15 is 0 Å². The van der Waals surface area contributed by atoms with E-state index in [1.165, 1.54) is 80.8 Å².